The average Bonchev–Trinajstić information content (AvgIpc) is 2.63. The van der Waals surface area contributed by atoms with Gasteiger partial charge in [0.25, 0.3) is 0 Å². The lowest BCUT2D eigenvalue weighted by Crippen LogP contribution is -2.26. The fourth-order valence-electron chi connectivity index (χ4n) is 1.71. The molecule has 2 N–H and O–H groups in total. The maximum atomic E-state index is 5.73. The first-order valence-corrected chi connectivity index (χ1v) is 7.72. The van der Waals surface area contributed by atoms with E-state index in [0.717, 1.165) is 19.6 Å². The van der Waals surface area contributed by atoms with Crippen molar-refractivity contribution in [2.24, 2.45) is 11.1 Å². The number of nitrogens with two attached hydrogens (primary N) is 1. The molecule has 0 radical (unpaired) electrons. The lowest BCUT2D eigenvalue weighted by atomic mass is 9.88. The van der Waals surface area contributed by atoms with Gasteiger partial charge in [-0.25, -0.2) is 0 Å². The molecule has 1 rings (SSSR count). The van der Waals surface area contributed by atoms with E-state index in [1.807, 2.05) is 11.3 Å². The Morgan fingerprint density at radius 2 is 2.18 bits per heavy atom. The summed E-state index contributed by atoms with van der Waals surface area (Å²) < 4.78 is 1.19. The average molecular weight is 319 g/mol. The summed E-state index contributed by atoms with van der Waals surface area (Å²) in [5.41, 5.74) is 6.02. The van der Waals surface area contributed by atoms with Crippen LogP contribution in [0.2, 0.25) is 0 Å². The van der Waals surface area contributed by atoms with E-state index in [2.05, 4.69) is 53.2 Å². The summed E-state index contributed by atoms with van der Waals surface area (Å²) in [6, 6.07) is 2.20. The van der Waals surface area contributed by atoms with Gasteiger partial charge in [-0.2, -0.15) is 0 Å². The zero-order chi connectivity index (χ0) is 12.9. The largest absolute Gasteiger partial charge is 0.330 e. The minimum absolute atomic E-state index is 0.285. The van der Waals surface area contributed by atoms with Crippen LogP contribution < -0.4 is 5.73 Å². The first kappa shape index (κ1) is 15.2. The second-order valence-corrected chi connectivity index (χ2v) is 7.35. The number of rotatable bonds is 7. The Labute approximate surface area is 117 Å². The van der Waals surface area contributed by atoms with Crippen molar-refractivity contribution in [3.8, 4) is 0 Å². The molecule has 0 bridgehead atoms. The normalized spacial score (nSPS) is 12.4. The van der Waals surface area contributed by atoms with Crippen LogP contribution in [0.4, 0.5) is 0 Å². The van der Waals surface area contributed by atoms with Crippen molar-refractivity contribution in [3.63, 3.8) is 0 Å². The number of nitrogens with zero attached hydrogens (tertiary/aromatic N) is 1. The lowest BCUT2D eigenvalue weighted by Gasteiger charge is -2.24. The van der Waals surface area contributed by atoms with E-state index >= 15 is 0 Å². The van der Waals surface area contributed by atoms with Gasteiger partial charge in [-0.15, -0.1) is 11.3 Å². The molecule has 4 heteroatoms. The van der Waals surface area contributed by atoms with Crippen LogP contribution in [0.5, 0.6) is 0 Å². The molecular formula is C13H23BrN2S. The number of halogens is 1. The fraction of sp³-hybridized carbons (Fsp3) is 0.692. The van der Waals surface area contributed by atoms with Gasteiger partial charge in [-0.3, -0.25) is 0 Å². The van der Waals surface area contributed by atoms with Crippen molar-refractivity contribution >= 4 is 27.3 Å². The molecule has 0 amide bonds. The topological polar surface area (TPSA) is 29.3 Å². The highest BCUT2D eigenvalue weighted by Gasteiger charge is 2.15. The highest BCUT2D eigenvalue weighted by atomic mass is 79.9. The molecule has 0 saturated heterocycles. The zero-order valence-corrected chi connectivity index (χ0v) is 13.4. The maximum Gasteiger partial charge on any atom is 0.0325 e. The predicted octanol–water partition coefficient (Wildman–Crippen LogP) is 3.71. The smallest absolute Gasteiger partial charge is 0.0325 e. The van der Waals surface area contributed by atoms with Crippen molar-refractivity contribution in [2.45, 2.75) is 33.2 Å². The summed E-state index contributed by atoms with van der Waals surface area (Å²) in [5.74, 6) is 0. The molecule has 17 heavy (non-hydrogen) atoms. The third-order valence-electron chi connectivity index (χ3n) is 2.99. The molecule has 0 fully saturated rings. The number of hydrogen-bond donors (Lipinski definition) is 1. The summed E-state index contributed by atoms with van der Waals surface area (Å²) in [5, 5.41) is 2.14. The van der Waals surface area contributed by atoms with Crippen molar-refractivity contribution < 1.29 is 0 Å². The van der Waals surface area contributed by atoms with Crippen LogP contribution >= 0.6 is 27.3 Å². The highest BCUT2D eigenvalue weighted by Crippen LogP contribution is 2.22. The Hall–Kier alpha value is 0.1000. The Bertz CT molecular complexity index is 336. The third kappa shape index (κ3) is 6.00. The van der Waals surface area contributed by atoms with Gasteiger partial charge >= 0.3 is 0 Å². The Balaban J connectivity index is 2.24. The van der Waals surface area contributed by atoms with Crippen LogP contribution in [0.1, 0.15) is 31.6 Å². The molecule has 98 valence electrons. The molecule has 0 unspecified atom stereocenters. The van der Waals surface area contributed by atoms with E-state index in [0.29, 0.717) is 0 Å². The summed E-state index contributed by atoms with van der Waals surface area (Å²) >= 11 is 5.30. The van der Waals surface area contributed by atoms with Crippen molar-refractivity contribution in [3.05, 3.63) is 20.8 Å². The minimum Gasteiger partial charge on any atom is -0.330 e. The van der Waals surface area contributed by atoms with Gasteiger partial charge in [0.15, 0.2) is 0 Å². The Morgan fingerprint density at radius 3 is 2.71 bits per heavy atom. The Kier molecular flexibility index (Phi) is 6.13. The minimum atomic E-state index is 0.285. The zero-order valence-electron chi connectivity index (χ0n) is 11.0. The summed E-state index contributed by atoms with van der Waals surface area (Å²) in [4.78, 5) is 3.79. The van der Waals surface area contributed by atoms with Crippen LogP contribution in [0.15, 0.2) is 15.9 Å². The van der Waals surface area contributed by atoms with Gasteiger partial charge in [0.05, 0.1) is 0 Å². The van der Waals surface area contributed by atoms with Crippen molar-refractivity contribution in [1.82, 2.24) is 4.90 Å². The standard InChI is InChI=1S/C13H23BrN2S/c1-13(2,10-15)5-4-6-16(3)8-12-7-11(14)9-17-12/h7,9H,4-6,8,10,15H2,1-3H3. The fourth-order valence-corrected chi connectivity index (χ4v) is 3.24. The summed E-state index contributed by atoms with van der Waals surface area (Å²) in [6.45, 7) is 7.43. The van der Waals surface area contributed by atoms with Gasteiger partial charge in [-0.05, 0) is 60.4 Å². The first-order valence-electron chi connectivity index (χ1n) is 6.04. The summed E-state index contributed by atoms with van der Waals surface area (Å²) in [6.07, 6.45) is 2.41. The molecule has 0 atom stereocenters. The molecule has 0 saturated carbocycles. The summed E-state index contributed by atoms with van der Waals surface area (Å²) in [7, 11) is 2.18. The van der Waals surface area contributed by atoms with E-state index in [1.54, 1.807) is 0 Å². The number of hydrogen-bond acceptors (Lipinski definition) is 3. The molecule has 1 aromatic heterocycles. The van der Waals surface area contributed by atoms with Gasteiger partial charge in [0.1, 0.15) is 0 Å². The van der Waals surface area contributed by atoms with E-state index in [1.165, 1.54) is 22.2 Å². The highest BCUT2D eigenvalue weighted by molar-refractivity contribution is 9.10. The monoisotopic (exact) mass is 318 g/mol. The van der Waals surface area contributed by atoms with Gasteiger partial charge in [-0.1, -0.05) is 13.8 Å². The molecule has 0 aliphatic rings. The molecule has 2 nitrogen and oxygen atoms in total. The van der Waals surface area contributed by atoms with Gasteiger partial charge in [0, 0.05) is 21.3 Å². The molecule has 0 aliphatic carbocycles. The number of thiophene rings is 1. The van der Waals surface area contributed by atoms with Crippen molar-refractivity contribution in [1.29, 1.82) is 0 Å². The quantitative estimate of drug-likeness (QED) is 0.830. The van der Waals surface area contributed by atoms with Gasteiger partial charge < -0.3 is 10.6 Å². The van der Waals surface area contributed by atoms with Crippen LogP contribution in [0.25, 0.3) is 0 Å². The SMILES string of the molecule is CN(CCCC(C)(C)CN)Cc1cc(Br)cs1. The molecule has 0 aliphatic heterocycles. The van der Waals surface area contributed by atoms with E-state index in [9.17, 15) is 0 Å². The molecular weight excluding hydrogens is 296 g/mol. The predicted molar refractivity (Wildman–Crippen MR) is 80.4 cm³/mol. The molecule has 0 spiro atoms. The van der Waals surface area contributed by atoms with Crippen molar-refractivity contribution in [2.75, 3.05) is 20.1 Å². The first-order chi connectivity index (χ1) is 7.93. The lowest BCUT2D eigenvalue weighted by molar-refractivity contribution is 0.275. The maximum absolute atomic E-state index is 5.73. The second kappa shape index (κ2) is 6.88. The third-order valence-corrected chi connectivity index (χ3v) is 4.68. The van der Waals surface area contributed by atoms with E-state index in [4.69, 9.17) is 5.73 Å². The van der Waals surface area contributed by atoms with Crippen LogP contribution in [0, 0.1) is 5.41 Å². The van der Waals surface area contributed by atoms with Crippen LogP contribution in [-0.4, -0.2) is 25.0 Å². The molecule has 1 aromatic rings. The Morgan fingerprint density at radius 1 is 1.47 bits per heavy atom. The van der Waals surface area contributed by atoms with Crippen LogP contribution in [-0.2, 0) is 6.54 Å². The molecule has 0 aromatic carbocycles. The molecule has 1 heterocycles. The van der Waals surface area contributed by atoms with Gasteiger partial charge in [0.2, 0.25) is 0 Å². The van der Waals surface area contributed by atoms with Crippen LogP contribution in [0.3, 0.4) is 0 Å². The van der Waals surface area contributed by atoms with E-state index < -0.39 is 0 Å². The van der Waals surface area contributed by atoms with E-state index in [-0.39, 0.29) is 5.41 Å². The second-order valence-electron chi connectivity index (χ2n) is 5.44.